The topological polar surface area (TPSA) is 70.5 Å². The van der Waals surface area contributed by atoms with Crippen LogP contribution in [0.2, 0.25) is 0 Å². The summed E-state index contributed by atoms with van der Waals surface area (Å²) in [5, 5.41) is 8.61. The molecule has 0 aliphatic carbocycles. The standard InChI is InChI=1S/C12H14N2O3/c1-8-2-3-10(5-13-8)12(17)14-6-9(7-14)4-11(15)16/h2-3,5,9H,4,6-7H2,1H3,(H,15,16). The quantitative estimate of drug-likeness (QED) is 0.844. The van der Waals surface area contributed by atoms with Crippen LogP contribution in [0.1, 0.15) is 22.5 Å². The molecule has 0 atom stereocenters. The highest BCUT2D eigenvalue weighted by Gasteiger charge is 2.32. The summed E-state index contributed by atoms with van der Waals surface area (Å²) in [7, 11) is 0. The number of carbonyl (C=O) groups is 2. The number of amides is 1. The number of aryl methyl sites for hydroxylation is 1. The van der Waals surface area contributed by atoms with E-state index in [1.807, 2.05) is 6.92 Å². The van der Waals surface area contributed by atoms with Gasteiger partial charge < -0.3 is 10.0 Å². The van der Waals surface area contributed by atoms with Gasteiger partial charge in [-0.15, -0.1) is 0 Å². The average molecular weight is 234 g/mol. The highest BCUT2D eigenvalue weighted by Crippen LogP contribution is 2.21. The molecule has 0 radical (unpaired) electrons. The van der Waals surface area contributed by atoms with Gasteiger partial charge in [0.1, 0.15) is 0 Å². The zero-order valence-corrected chi connectivity index (χ0v) is 9.59. The van der Waals surface area contributed by atoms with Crippen molar-refractivity contribution in [2.75, 3.05) is 13.1 Å². The number of carboxylic acid groups (broad SMARTS) is 1. The Morgan fingerprint density at radius 2 is 2.18 bits per heavy atom. The molecule has 1 fully saturated rings. The van der Waals surface area contributed by atoms with Gasteiger partial charge in [0.2, 0.25) is 0 Å². The van der Waals surface area contributed by atoms with Crippen molar-refractivity contribution in [1.82, 2.24) is 9.88 Å². The smallest absolute Gasteiger partial charge is 0.303 e. The third-order valence-corrected chi connectivity index (χ3v) is 2.87. The number of aliphatic carboxylic acids is 1. The zero-order chi connectivity index (χ0) is 12.4. The van der Waals surface area contributed by atoms with Gasteiger partial charge in [-0.1, -0.05) is 0 Å². The Balaban J connectivity index is 1.91. The lowest BCUT2D eigenvalue weighted by molar-refractivity contribution is -0.139. The molecular formula is C12H14N2O3. The average Bonchev–Trinajstić information content (AvgIpc) is 2.23. The molecule has 0 aromatic carbocycles. The Bertz CT molecular complexity index is 436. The van der Waals surface area contributed by atoms with E-state index in [2.05, 4.69) is 4.98 Å². The summed E-state index contributed by atoms with van der Waals surface area (Å²) < 4.78 is 0. The fourth-order valence-corrected chi connectivity index (χ4v) is 1.89. The van der Waals surface area contributed by atoms with E-state index >= 15 is 0 Å². The van der Waals surface area contributed by atoms with Crippen molar-refractivity contribution in [3.8, 4) is 0 Å². The molecule has 1 aliphatic rings. The maximum Gasteiger partial charge on any atom is 0.303 e. The van der Waals surface area contributed by atoms with Crippen LogP contribution in [-0.4, -0.2) is 40.0 Å². The third-order valence-electron chi connectivity index (χ3n) is 2.87. The summed E-state index contributed by atoms with van der Waals surface area (Å²) in [6.07, 6.45) is 1.69. The van der Waals surface area contributed by atoms with E-state index in [1.165, 1.54) is 0 Å². The van der Waals surface area contributed by atoms with Gasteiger partial charge in [0.15, 0.2) is 0 Å². The molecule has 1 saturated heterocycles. The van der Waals surface area contributed by atoms with Gasteiger partial charge in [-0.05, 0) is 19.1 Å². The van der Waals surface area contributed by atoms with Crippen molar-refractivity contribution in [2.45, 2.75) is 13.3 Å². The second-order valence-corrected chi connectivity index (χ2v) is 4.36. The van der Waals surface area contributed by atoms with Crippen molar-refractivity contribution in [1.29, 1.82) is 0 Å². The Morgan fingerprint density at radius 3 is 2.71 bits per heavy atom. The SMILES string of the molecule is Cc1ccc(C(=O)N2CC(CC(=O)O)C2)cn1. The highest BCUT2D eigenvalue weighted by atomic mass is 16.4. The second-order valence-electron chi connectivity index (χ2n) is 4.36. The van der Waals surface area contributed by atoms with Crippen molar-refractivity contribution in [3.63, 3.8) is 0 Å². The molecule has 0 spiro atoms. The van der Waals surface area contributed by atoms with Gasteiger partial charge in [-0.2, -0.15) is 0 Å². The minimum atomic E-state index is -0.806. The molecule has 0 bridgehead atoms. The first-order valence-electron chi connectivity index (χ1n) is 5.50. The van der Waals surface area contributed by atoms with E-state index in [1.54, 1.807) is 23.2 Å². The summed E-state index contributed by atoms with van der Waals surface area (Å²) in [6.45, 7) is 2.92. The van der Waals surface area contributed by atoms with Crippen LogP contribution in [0, 0.1) is 12.8 Å². The first-order chi connectivity index (χ1) is 8.06. The molecule has 90 valence electrons. The minimum Gasteiger partial charge on any atom is -0.481 e. The number of carboxylic acids is 1. The molecular weight excluding hydrogens is 220 g/mol. The van der Waals surface area contributed by atoms with Crippen LogP contribution in [0.5, 0.6) is 0 Å². The zero-order valence-electron chi connectivity index (χ0n) is 9.59. The van der Waals surface area contributed by atoms with Gasteiger partial charge in [0.05, 0.1) is 12.0 Å². The first-order valence-corrected chi connectivity index (χ1v) is 5.50. The van der Waals surface area contributed by atoms with Crippen LogP contribution in [0.25, 0.3) is 0 Å². The van der Waals surface area contributed by atoms with Gasteiger partial charge in [0.25, 0.3) is 5.91 Å². The summed E-state index contributed by atoms with van der Waals surface area (Å²) in [5.74, 6) is -0.784. The molecule has 1 aliphatic heterocycles. The maximum atomic E-state index is 11.9. The van der Waals surface area contributed by atoms with E-state index in [0.29, 0.717) is 18.7 Å². The Hall–Kier alpha value is -1.91. The van der Waals surface area contributed by atoms with Crippen molar-refractivity contribution in [2.24, 2.45) is 5.92 Å². The number of rotatable bonds is 3. The molecule has 1 amide bonds. The Kier molecular flexibility index (Phi) is 3.08. The lowest BCUT2D eigenvalue weighted by atomic mass is 9.95. The third kappa shape index (κ3) is 2.61. The van der Waals surface area contributed by atoms with Gasteiger partial charge >= 0.3 is 5.97 Å². The van der Waals surface area contributed by atoms with Gasteiger partial charge in [0, 0.05) is 30.9 Å². The summed E-state index contributed by atoms with van der Waals surface area (Å²) in [6, 6.07) is 3.54. The summed E-state index contributed by atoms with van der Waals surface area (Å²) >= 11 is 0. The second kappa shape index (κ2) is 4.53. The molecule has 0 saturated carbocycles. The molecule has 5 heteroatoms. The normalized spacial score (nSPS) is 15.5. The van der Waals surface area contributed by atoms with E-state index in [-0.39, 0.29) is 18.2 Å². The van der Waals surface area contributed by atoms with Crippen LogP contribution in [0.3, 0.4) is 0 Å². The van der Waals surface area contributed by atoms with Crippen LogP contribution in [0.15, 0.2) is 18.3 Å². The maximum absolute atomic E-state index is 11.9. The molecule has 2 rings (SSSR count). The molecule has 17 heavy (non-hydrogen) atoms. The van der Waals surface area contributed by atoms with Gasteiger partial charge in [-0.3, -0.25) is 14.6 Å². The fraction of sp³-hybridized carbons (Fsp3) is 0.417. The van der Waals surface area contributed by atoms with Crippen molar-refractivity contribution >= 4 is 11.9 Å². The van der Waals surface area contributed by atoms with Crippen molar-refractivity contribution in [3.05, 3.63) is 29.6 Å². The number of hydrogen-bond donors (Lipinski definition) is 1. The molecule has 0 unspecified atom stereocenters. The first kappa shape index (κ1) is 11.6. The van der Waals surface area contributed by atoms with E-state index in [4.69, 9.17) is 5.11 Å². The van der Waals surface area contributed by atoms with Crippen LogP contribution in [0.4, 0.5) is 0 Å². The lowest BCUT2D eigenvalue weighted by Crippen LogP contribution is -2.50. The van der Waals surface area contributed by atoms with E-state index < -0.39 is 5.97 Å². The van der Waals surface area contributed by atoms with Crippen LogP contribution >= 0.6 is 0 Å². The van der Waals surface area contributed by atoms with Crippen molar-refractivity contribution < 1.29 is 14.7 Å². The van der Waals surface area contributed by atoms with Crippen LogP contribution in [-0.2, 0) is 4.79 Å². The number of pyridine rings is 1. The van der Waals surface area contributed by atoms with Crippen LogP contribution < -0.4 is 0 Å². The number of likely N-dealkylation sites (tertiary alicyclic amines) is 1. The molecule has 1 aromatic heterocycles. The summed E-state index contributed by atoms with van der Waals surface area (Å²) in [4.78, 5) is 28.1. The van der Waals surface area contributed by atoms with E-state index in [0.717, 1.165) is 5.69 Å². The molecule has 2 heterocycles. The number of carbonyl (C=O) groups excluding carboxylic acids is 1. The predicted molar refractivity (Wildman–Crippen MR) is 60.6 cm³/mol. The minimum absolute atomic E-state index is 0.0702. The highest BCUT2D eigenvalue weighted by molar-refractivity contribution is 5.94. The summed E-state index contributed by atoms with van der Waals surface area (Å²) in [5.41, 5.74) is 1.43. The predicted octanol–water partition coefficient (Wildman–Crippen LogP) is 0.937. The number of hydrogen-bond acceptors (Lipinski definition) is 3. The fourth-order valence-electron chi connectivity index (χ4n) is 1.89. The van der Waals surface area contributed by atoms with E-state index in [9.17, 15) is 9.59 Å². The molecule has 1 N–H and O–H groups in total. The lowest BCUT2D eigenvalue weighted by Gasteiger charge is -2.38. The largest absolute Gasteiger partial charge is 0.481 e. The Morgan fingerprint density at radius 1 is 1.47 bits per heavy atom. The van der Waals surface area contributed by atoms with Gasteiger partial charge in [-0.25, -0.2) is 0 Å². The molecule has 1 aromatic rings. The monoisotopic (exact) mass is 234 g/mol. The number of aromatic nitrogens is 1. The number of nitrogens with zero attached hydrogens (tertiary/aromatic N) is 2. The molecule has 5 nitrogen and oxygen atoms in total. The Labute approximate surface area is 99.1 Å².